The molecule has 32 heavy (non-hydrogen) atoms. The minimum Gasteiger partial charge on any atom is -0.482 e. The second kappa shape index (κ2) is 11.1. The SMILES string of the molecule is O=C(O)COc1cccc2c1CCCC2CCO/N=C(/CC1CCCC1)c1cccnc1. The quantitative estimate of drug-likeness (QED) is 0.308. The van der Waals surface area contributed by atoms with Gasteiger partial charge in [0, 0.05) is 18.0 Å². The van der Waals surface area contributed by atoms with Gasteiger partial charge >= 0.3 is 5.97 Å². The van der Waals surface area contributed by atoms with Crippen LogP contribution in [0.1, 0.15) is 74.0 Å². The number of carboxylic acid groups (broad SMARTS) is 1. The van der Waals surface area contributed by atoms with Crippen molar-refractivity contribution in [2.45, 2.75) is 63.7 Å². The summed E-state index contributed by atoms with van der Waals surface area (Å²) in [5.41, 5.74) is 4.44. The average Bonchev–Trinajstić information content (AvgIpc) is 3.33. The minimum absolute atomic E-state index is 0.308. The molecule has 0 aliphatic heterocycles. The van der Waals surface area contributed by atoms with Crippen molar-refractivity contribution in [1.29, 1.82) is 0 Å². The van der Waals surface area contributed by atoms with Crippen LogP contribution in [0.15, 0.2) is 47.9 Å². The molecule has 2 aromatic rings. The molecule has 2 aliphatic carbocycles. The Morgan fingerprint density at radius 2 is 2.00 bits per heavy atom. The van der Waals surface area contributed by atoms with Crippen molar-refractivity contribution in [3.05, 3.63) is 59.4 Å². The molecule has 1 N–H and O–H groups in total. The van der Waals surface area contributed by atoms with Crippen LogP contribution in [0.4, 0.5) is 0 Å². The number of ether oxygens (including phenoxy) is 1. The van der Waals surface area contributed by atoms with Crippen LogP contribution < -0.4 is 4.74 Å². The highest BCUT2D eigenvalue weighted by molar-refractivity contribution is 6.00. The van der Waals surface area contributed by atoms with E-state index < -0.39 is 5.97 Å². The third kappa shape index (κ3) is 5.87. The lowest BCUT2D eigenvalue weighted by Gasteiger charge is -2.26. The maximum Gasteiger partial charge on any atom is 0.341 e. The van der Waals surface area contributed by atoms with Gasteiger partial charge in [0.1, 0.15) is 12.4 Å². The summed E-state index contributed by atoms with van der Waals surface area (Å²) in [6.45, 7) is 0.246. The lowest BCUT2D eigenvalue weighted by molar-refractivity contribution is -0.139. The number of benzene rings is 1. The monoisotopic (exact) mass is 436 g/mol. The number of fused-ring (bicyclic) bond motifs is 1. The molecule has 1 saturated carbocycles. The first-order valence-electron chi connectivity index (χ1n) is 11.8. The fourth-order valence-electron chi connectivity index (χ4n) is 5.04. The summed E-state index contributed by atoms with van der Waals surface area (Å²) < 4.78 is 5.52. The summed E-state index contributed by atoms with van der Waals surface area (Å²) in [7, 11) is 0. The number of aliphatic carboxylic acids is 1. The van der Waals surface area contributed by atoms with Crippen molar-refractivity contribution < 1.29 is 19.5 Å². The molecular formula is C26H32N2O4. The van der Waals surface area contributed by atoms with E-state index in [1.54, 1.807) is 6.20 Å². The number of carboxylic acids is 1. The molecule has 1 aromatic heterocycles. The van der Waals surface area contributed by atoms with E-state index in [1.165, 1.54) is 31.2 Å². The predicted molar refractivity (Wildman–Crippen MR) is 123 cm³/mol. The first-order valence-corrected chi connectivity index (χ1v) is 11.8. The zero-order chi connectivity index (χ0) is 22.2. The van der Waals surface area contributed by atoms with Crippen molar-refractivity contribution in [2.75, 3.05) is 13.2 Å². The summed E-state index contributed by atoms with van der Waals surface area (Å²) in [6, 6.07) is 9.96. The summed E-state index contributed by atoms with van der Waals surface area (Å²) in [5, 5.41) is 13.5. The van der Waals surface area contributed by atoms with Gasteiger partial charge in [0.15, 0.2) is 6.61 Å². The Kier molecular flexibility index (Phi) is 7.75. The molecule has 1 unspecified atom stereocenters. The van der Waals surface area contributed by atoms with Gasteiger partial charge in [-0.3, -0.25) is 4.98 Å². The van der Waals surface area contributed by atoms with Crippen LogP contribution in [0.5, 0.6) is 5.75 Å². The van der Waals surface area contributed by atoms with Gasteiger partial charge in [0.25, 0.3) is 0 Å². The number of pyridine rings is 1. The fourth-order valence-corrected chi connectivity index (χ4v) is 5.04. The van der Waals surface area contributed by atoms with E-state index >= 15 is 0 Å². The van der Waals surface area contributed by atoms with Crippen LogP contribution in [-0.2, 0) is 16.1 Å². The summed E-state index contributed by atoms with van der Waals surface area (Å²) >= 11 is 0. The van der Waals surface area contributed by atoms with E-state index in [4.69, 9.17) is 14.7 Å². The Bertz CT molecular complexity index is 923. The molecule has 6 heteroatoms. The largest absolute Gasteiger partial charge is 0.482 e. The number of hydrogen-bond acceptors (Lipinski definition) is 5. The molecule has 0 spiro atoms. The van der Waals surface area contributed by atoms with Crippen molar-refractivity contribution >= 4 is 11.7 Å². The highest BCUT2D eigenvalue weighted by Crippen LogP contribution is 2.38. The normalized spacial score (nSPS) is 18.9. The van der Waals surface area contributed by atoms with Crippen LogP contribution in [0.3, 0.4) is 0 Å². The zero-order valence-corrected chi connectivity index (χ0v) is 18.5. The number of carbonyl (C=O) groups is 1. The molecule has 0 saturated heterocycles. The third-order valence-electron chi connectivity index (χ3n) is 6.62. The van der Waals surface area contributed by atoms with E-state index in [1.807, 2.05) is 24.4 Å². The van der Waals surface area contributed by atoms with E-state index in [0.29, 0.717) is 24.2 Å². The van der Waals surface area contributed by atoms with Gasteiger partial charge in [-0.25, -0.2) is 4.79 Å². The summed E-state index contributed by atoms with van der Waals surface area (Å²) in [4.78, 5) is 21.0. The van der Waals surface area contributed by atoms with Crippen LogP contribution in [0.2, 0.25) is 0 Å². The molecule has 1 aromatic carbocycles. The Balaban J connectivity index is 1.38. The van der Waals surface area contributed by atoms with E-state index in [-0.39, 0.29) is 6.61 Å². The molecule has 1 heterocycles. The molecule has 0 amide bonds. The highest BCUT2D eigenvalue weighted by Gasteiger charge is 2.23. The Labute approximate surface area is 189 Å². The Morgan fingerprint density at radius 3 is 2.78 bits per heavy atom. The van der Waals surface area contributed by atoms with E-state index in [0.717, 1.165) is 48.9 Å². The molecule has 170 valence electrons. The fraction of sp³-hybridized carbons (Fsp3) is 0.500. The maximum atomic E-state index is 10.9. The third-order valence-corrected chi connectivity index (χ3v) is 6.62. The average molecular weight is 437 g/mol. The summed E-state index contributed by atoms with van der Waals surface area (Å²) in [5.74, 6) is 0.804. The highest BCUT2D eigenvalue weighted by atomic mass is 16.6. The Morgan fingerprint density at radius 1 is 1.12 bits per heavy atom. The molecule has 0 bridgehead atoms. The van der Waals surface area contributed by atoms with Gasteiger partial charge in [0.2, 0.25) is 0 Å². The molecule has 1 atom stereocenters. The first-order chi connectivity index (χ1) is 15.7. The van der Waals surface area contributed by atoms with Crippen LogP contribution in [0.25, 0.3) is 0 Å². The van der Waals surface area contributed by atoms with Gasteiger partial charge in [-0.2, -0.15) is 0 Å². The molecular weight excluding hydrogens is 404 g/mol. The topological polar surface area (TPSA) is 81.0 Å². The maximum absolute atomic E-state index is 10.9. The number of rotatable bonds is 10. The van der Waals surface area contributed by atoms with Gasteiger partial charge in [-0.15, -0.1) is 0 Å². The van der Waals surface area contributed by atoms with Crippen molar-refractivity contribution in [3.63, 3.8) is 0 Å². The van der Waals surface area contributed by atoms with E-state index in [9.17, 15) is 4.79 Å². The van der Waals surface area contributed by atoms with Crippen LogP contribution >= 0.6 is 0 Å². The van der Waals surface area contributed by atoms with Gasteiger partial charge < -0.3 is 14.7 Å². The minimum atomic E-state index is -0.955. The van der Waals surface area contributed by atoms with Crippen molar-refractivity contribution in [2.24, 2.45) is 11.1 Å². The van der Waals surface area contributed by atoms with Gasteiger partial charge in [0.05, 0.1) is 5.71 Å². The van der Waals surface area contributed by atoms with Crippen LogP contribution in [-0.4, -0.2) is 35.0 Å². The Hall–Kier alpha value is -2.89. The second-order valence-corrected chi connectivity index (χ2v) is 8.85. The summed E-state index contributed by atoms with van der Waals surface area (Å²) in [6.07, 6.45) is 13.7. The first kappa shape index (κ1) is 22.3. The molecule has 1 fully saturated rings. The predicted octanol–water partition coefficient (Wildman–Crippen LogP) is 5.36. The smallest absolute Gasteiger partial charge is 0.341 e. The molecule has 0 radical (unpaired) electrons. The number of nitrogens with zero attached hydrogens (tertiary/aromatic N) is 2. The standard InChI is InChI=1S/C26H32N2O4/c29-26(30)18-31-25-12-4-10-22-20(8-3-11-23(22)25)13-15-32-28-24(16-19-6-1-2-7-19)21-9-5-14-27-17-21/h4-5,9-10,12,14,17,19-20H,1-3,6-8,11,13,15-16,18H2,(H,29,30)/b28-24-. The van der Waals surface area contributed by atoms with E-state index in [2.05, 4.69) is 22.3 Å². The van der Waals surface area contributed by atoms with Gasteiger partial charge in [-0.05, 0) is 73.3 Å². The van der Waals surface area contributed by atoms with Crippen LogP contribution in [0, 0.1) is 5.92 Å². The second-order valence-electron chi connectivity index (χ2n) is 8.85. The lowest BCUT2D eigenvalue weighted by Crippen LogP contribution is -2.15. The number of aromatic nitrogens is 1. The van der Waals surface area contributed by atoms with Crippen molar-refractivity contribution in [1.82, 2.24) is 4.98 Å². The number of hydrogen-bond donors (Lipinski definition) is 1. The van der Waals surface area contributed by atoms with Crippen molar-refractivity contribution in [3.8, 4) is 5.75 Å². The zero-order valence-electron chi connectivity index (χ0n) is 18.5. The number of oxime groups is 1. The van der Waals surface area contributed by atoms with Gasteiger partial charge in [-0.1, -0.05) is 43.0 Å². The molecule has 2 aliphatic rings. The molecule has 4 rings (SSSR count). The molecule has 6 nitrogen and oxygen atoms in total. The lowest BCUT2D eigenvalue weighted by atomic mass is 9.81.